The van der Waals surface area contributed by atoms with Gasteiger partial charge in [0.25, 0.3) is 11.5 Å². The molecule has 2 saturated heterocycles. The molecule has 15 heteroatoms. The number of carbonyl (C=O) groups is 1. The number of nitrogens with zero attached hydrogens (tertiary/aromatic N) is 4. The van der Waals surface area contributed by atoms with Gasteiger partial charge < -0.3 is 20.0 Å². The lowest BCUT2D eigenvalue weighted by Crippen LogP contribution is -2.62. The molecule has 1 amide bonds. The zero-order valence-corrected chi connectivity index (χ0v) is 31.8. The van der Waals surface area contributed by atoms with Gasteiger partial charge in [-0.05, 0) is 61.2 Å². The molecule has 284 valence electrons. The molecule has 3 heterocycles. The molecule has 2 fully saturated rings. The minimum absolute atomic E-state index is 0.205. The summed E-state index contributed by atoms with van der Waals surface area (Å²) in [5.41, 5.74) is 1.56. The predicted octanol–water partition coefficient (Wildman–Crippen LogP) is 8.89. The van der Waals surface area contributed by atoms with Gasteiger partial charge >= 0.3 is 12.4 Å². The minimum atomic E-state index is -5.74. The number of benzene rings is 2. The van der Waals surface area contributed by atoms with Crippen molar-refractivity contribution < 1.29 is 35.6 Å². The van der Waals surface area contributed by atoms with Crippen molar-refractivity contribution in [3.05, 3.63) is 64.2 Å². The monoisotopic (exact) mass is 761 g/mol. The lowest BCUT2D eigenvalue weighted by molar-refractivity contribution is -0.369. The van der Waals surface area contributed by atoms with Crippen molar-refractivity contribution in [2.24, 2.45) is 4.99 Å². The highest BCUT2D eigenvalue weighted by Crippen LogP contribution is 2.56. The van der Waals surface area contributed by atoms with Gasteiger partial charge in [-0.15, -0.1) is 0 Å². The number of hydrogen-bond acceptors (Lipinski definition) is 6. The number of amidine groups is 1. The van der Waals surface area contributed by atoms with Crippen molar-refractivity contribution in [1.82, 2.24) is 14.7 Å². The van der Waals surface area contributed by atoms with E-state index in [1.165, 1.54) is 82.3 Å². The molecule has 0 unspecified atom stereocenters. The number of halogens is 7. The van der Waals surface area contributed by atoms with E-state index in [-0.39, 0.29) is 10.9 Å². The summed E-state index contributed by atoms with van der Waals surface area (Å²) < 4.78 is 91.2. The second-order valence-electron chi connectivity index (χ2n) is 15.0. The fourth-order valence-electron chi connectivity index (χ4n) is 6.19. The fourth-order valence-corrected chi connectivity index (χ4v) is 7.79. The van der Waals surface area contributed by atoms with Crippen LogP contribution in [0.15, 0.2) is 47.5 Å². The van der Waals surface area contributed by atoms with E-state index in [2.05, 4.69) is 9.89 Å². The van der Waals surface area contributed by atoms with Crippen LogP contribution < -0.4 is 5.73 Å². The number of fused-ring (bicyclic) bond motifs is 1. The number of amides is 1. The minimum Gasteiger partial charge on any atom is -0.398 e. The highest BCUT2D eigenvalue weighted by molar-refractivity contribution is 6.74. The number of aliphatic imine (C=N–C) groups is 1. The molecule has 0 spiro atoms. The number of nitrogen functional groups attached to an aromatic ring is 1. The number of hydrogen-bond donors (Lipinski definition) is 1. The largest absolute Gasteiger partial charge is 0.429 e. The molecule has 3 aliphatic heterocycles. The van der Waals surface area contributed by atoms with Gasteiger partial charge in [-0.25, -0.2) is 0 Å². The molecule has 2 aromatic carbocycles. The molecule has 2 N–H and O–H groups in total. The van der Waals surface area contributed by atoms with Crippen molar-refractivity contribution in [2.75, 3.05) is 51.5 Å². The molecule has 5 rings (SSSR count). The molecule has 0 radical (unpaired) electrons. The van der Waals surface area contributed by atoms with E-state index in [0.29, 0.717) is 49.5 Å². The van der Waals surface area contributed by atoms with E-state index in [1.807, 2.05) is 4.90 Å². The van der Waals surface area contributed by atoms with Gasteiger partial charge in [-0.3, -0.25) is 14.7 Å². The third-order valence-electron chi connectivity index (χ3n) is 10.3. The van der Waals surface area contributed by atoms with Crippen LogP contribution in [0.5, 0.6) is 0 Å². The summed E-state index contributed by atoms with van der Waals surface area (Å²) in [5.74, 6) is 1.19. The van der Waals surface area contributed by atoms with E-state index in [0.717, 1.165) is 18.7 Å². The first-order valence-electron chi connectivity index (χ1n) is 17.4. The Morgan fingerprint density at radius 1 is 0.863 bits per heavy atom. The summed E-state index contributed by atoms with van der Waals surface area (Å²) in [4.78, 5) is 23.5. The second-order valence-corrected chi connectivity index (χ2v) is 20.1. The summed E-state index contributed by atoms with van der Waals surface area (Å²) in [6.07, 6.45) is -4.84. The Morgan fingerprint density at radius 2 is 1.47 bits per heavy atom. The Kier molecular flexibility index (Phi) is 12.9. The maximum atomic E-state index is 14.3. The number of carbonyl (C=O) groups excluding carboxylic acids is 1. The van der Waals surface area contributed by atoms with E-state index in [4.69, 9.17) is 21.8 Å². The summed E-state index contributed by atoms with van der Waals surface area (Å²) in [5, 5.41) is -0.610. The Balaban J connectivity index is 0.000000445. The van der Waals surface area contributed by atoms with Crippen LogP contribution in [-0.2, 0) is 16.6 Å². The predicted molar refractivity (Wildman–Crippen MR) is 193 cm³/mol. The average molecular weight is 762 g/mol. The van der Waals surface area contributed by atoms with Gasteiger partial charge in [0.05, 0.1) is 16.5 Å². The molecule has 0 aliphatic carbocycles. The molecule has 2 aromatic rings. The van der Waals surface area contributed by atoms with Crippen LogP contribution >= 0.6 is 11.6 Å². The Labute approximate surface area is 303 Å². The van der Waals surface area contributed by atoms with Crippen molar-refractivity contribution in [2.45, 2.75) is 95.5 Å². The first-order valence-corrected chi connectivity index (χ1v) is 20.7. The van der Waals surface area contributed by atoms with E-state index < -0.39 is 36.9 Å². The van der Waals surface area contributed by atoms with Crippen LogP contribution in [0.2, 0.25) is 23.2 Å². The zero-order valence-electron chi connectivity index (χ0n) is 30.1. The quantitative estimate of drug-likeness (QED) is 0.181. The Hall–Kier alpha value is -2.81. The van der Waals surface area contributed by atoms with Gasteiger partial charge in [-0.2, -0.15) is 26.3 Å². The average Bonchev–Trinajstić information content (AvgIpc) is 3.30. The van der Waals surface area contributed by atoms with Crippen molar-refractivity contribution >= 4 is 37.3 Å². The van der Waals surface area contributed by atoms with E-state index >= 15 is 0 Å². The number of alkyl halides is 6. The fraction of sp³-hybridized carbons (Fsp3) is 0.611. The lowest BCUT2D eigenvalue weighted by Gasteiger charge is -2.46. The Morgan fingerprint density at radius 3 is 2.04 bits per heavy atom. The van der Waals surface area contributed by atoms with Gasteiger partial charge in [0.15, 0.2) is 8.32 Å². The summed E-state index contributed by atoms with van der Waals surface area (Å²) >= 11 is 6.02. The van der Waals surface area contributed by atoms with Crippen LogP contribution in [0.1, 0.15) is 74.4 Å². The third kappa shape index (κ3) is 9.60. The van der Waals surface area contributed by atoms with Crippen molar-refractivity contribution in [3.8, 4) is 0 Å². The SMILES string of the molecule is C1CCC2=NCCCN2CC1.CC(C)(C)[Si](C)(C)OC(c1ccc(CN2CCN(C(=O)c3ccc(N)c(Cl)c3)CC2)cc1)(C(F)(F)F)C(F)(F)F. The number of anilines is 1. The highest BCUT2D eigenvalue weighted by atomic mass is 35.5. The van der Waals surface area contributed by atoms with E-state index in [9.17, 15) is 31.1 Å². The number of piperazine rings is 1. The van der Waals surface area contributed by atoms with Crippen LogP contribution in [0.4, 0.5) is 32.0 Å². The molecule has 0 aromatic heterocycles. The van der Waals surface area contributed by atoms with Gasteiger partial charge in [0.1, 0.15) is 0 Å². The standard InChI is InChI=1S/C27H34ClF6N3O2Si.C9H16N2/c1-24(2,3)40(4,5)39-25(26(29,30)31,27(32,33)34)20-9-6-18(7-10-20)17-36-12-14-37(15-13-36)23(38)19-8-11-22(35)21(28)16-19;1-2-5-9-10-6-4-8-11(9)7-3-1/h6-11,16H,12-15,17,35H2,1-5H3;1-8H2. The van der Waals surface area contributed by atoms with Gasteiger partial charge in [-0.1, -0.05) is 63.1 Å². The summed E-state index contributed by atoms with van der Waals surface area (Å²) in [6.45, 7) is 13.1. The lowest BCUT2D eigenvalue weighted by atomic mass is 9.91. The van der Waals surface area contributed by atoms with Crippen LogP contribution in [-0.4, -0.2) is 92.9 Å². The molecule has 0 bridgehead atoms. The molecule has 3 aliphatic rings. The number of nitrogens with two attached hydrogens (primary N) is 1. The molecule has 0 atom stereocenters. The van der Waals surface area contributed by atoms with Crippen LogP contribution in [0.3, 0.4) is 0 Å². The maximum absolute atomic E-state index is 14.3. The highest BCUT2D eigenvalue weighted by Gasteiger charge is 2.75. The summed E-state index contributed by atoms with van der Waals surface area (Å²) in [7, 11) is -3.53. The first-order chi connectivity index (χ1) is 23.7. The normalized spacial score (nSPS) is 18.3. The van der Waals surface area contributed by atoms with E-state index in [1.54, 1.807) is 37.8 Å². The van der Waals surface area contributed by atoms with Crippen molar-refractivity contribution in [1.29, 1.82) is 0 Å². The zero-order chi connectivity index (χ0) is 37.8. The molecule has 0 saturated carbocycles. The molecular weight excluding hydrogens is 712 g/mol. The topological polar surface area (TPSA) is 74.4 Å². The first kappa shape index (κ1) is 41.0. The van der Waals surface area contributed by atoms with Crippen LogP contribution in [0.25, 0.3) is 0 Å². The third-order valence-corrected chi connectivity index (χ3v) is 15.0. The van der Waals surface area contributed by atoms with Gasteiger partial charge in [0, 0.05) is 69.9 Å². The van der Waals surface area contributed by atoms with Gasteiger partial charge in [0.2, 0.25) is 0 Å². The van der Waals surface area contributed by atoms with Crippen LogP contribution in [0, 0.1) is 0 Å². The second kappa shape index (κ2) is 16.1. The smallest absolute Gasteiger partial charge is 0.398 e. The number of rotatable bonds is 6. The summed E-state index contributed by atoms with van der Waals surface area (Å²) in [6, 6.07) is 8.90. The molecular formula is C36H50ClF6N5O2Si. The van der Waals surface area contributed by atoms with Crippen molar-refractivity contribution in [3.63, 3.8) is 0 Å². The maximum Gasteiger partial charge on any atom is 0.429 e. The molecule has 7 nitrogen and oxygen atoms in total. The molecule has 51 heavy (non-hydrogen) atoms. The Bertz CT molecular complexity index is 1510.